The highest BCUT2D eigenvalue weighted by molar-refractivity contribution is 7.89. The van der Waals surface area contributed by atoms with E-state index in [-0.39, 0.29) is 36.9 Å². The molecule has 0 spiro atoms. The van der Waals surface area contributed by atoms with Gasteiger partial charge in [0.2, 0.25) is 15.9 Å². The Kier molecular flexibility index (Phi) is 7.38. The van der Waals surface area contributed by atoms with Crippen LogP contribution in [0.5, 0.6) is 5.75 Å². The van der Waals surface area contributed by atoms with Crippen molar-refractivity contribution in [1.29, 1.82) is 0 Å². The largest absolute Gasteiger partial charge is 0.492 e. The van der Waals surface area contributed by atoms with Gasteiger partial charge in [0.05, 0.1) is 11.4 Å². The van der Waals surface area contributed by atoms with Gasteiger partial charge in [-0.15, -0.1) is 0 Å². The molecular weight excluding hydrogens is 383 g/mol. The molecule has 2 N–H and O–H groups in total. The van der Waals surface area contributed by atoms with Crippen LogP contribution in [0.3, 0.4) is 0 Å². The maximum atomic E-state index is 12.8. The smallest absolute Gasteiger partial charge is 0.240 e. The van der Waals surface area contributed by atoms with Crippen LogP contribution in [0.25, 0.3) is 0 Å². The second-order valence-corrected chi connectivity index (χ2v) is 7.46. The van der Waals surface area contributed by atoms with Crippen LogP contribution in [0.15, 0.2) is 53.4 Å². The van der Waals surface area contributed by atoms with Crippen molar-refractivity contribution < 1.29 is 22.3 Å². The number of hydrogen-bond donors (Lipinski definition) is 2. The number of hydrogen-bond acceptors (Lipinski definition) is 4. The summed E-state index contributed by atoms with van der Waals surface area (Å²) in [6.07, 6.45) is -0.0264. The molecule has 2 aromatic rings. The summed E-state index contributed by atoms with van der Waals surface area (Å²) >= 11 is 5.76. The normalized spacial score (nSPS) is 11.2. The molecule has 0 saturated heterocycles. The van der Waals surface area contributed by atoms with E-state index in [0.717, 1.165) is 24.3 Å². The van der Waals surface area contributed by atoms with Crippen molar-refractivity contribution in [2.75, 3.05) is 19.7 Å². The van der Waals surface area contributed by atoms with Gasteiger partial charge in [-0.2, -0.15) is 0 Å². The van der Waals surface area contributed by atoms with E-state index < -0.39 is 15.8 Å². The molecule has 140 valence electrons. The first kappa shape index (κ1) is 20.2. The average Bonchev–Trinajstić information content (AvgIpc) is 2.60. The number of carbonyl (C=O) groups is 1. The highest BCUT2D eigenvalue weighted by atomic mass is 35.5. The highest BCUT2D eigenvalue weighted by Crippen LogP contribution is 2.15. The number of amides is 1. The quantitative estimate of drug-likeness (QED) is 0.633. The molecule has 0 fully saturated rings. The van der Waals surface area contributed by atoms with E-state index in [1.165, 1.54) is 0 Å². The minimum atomic E-state index is -3.77. The first-order valence-corrected chi connectivity index (χ1v) is 9.63. The maximum Gasteiger partial charge on any atom is 0.240 e. The molecule has 9 heteroatoms. The van der Waals surface area contributed by atoms with E-state index in [1.807, 2.05) is 0 Å². The minimum Gasteiger partial charge on any atom is -0.492 e. The monoisotopic (exact) mass is 400 g/mol. The maximum absolute atomic E-state index is 12.8. The highest BCUT2D eigenvalue weighted by Gasteiger charge is 2.14. The van der Waals surface area contributed by atoms with E-state index in [2.05, 4.69) is 10.0 Å². The molecule has 0 aromatic heterocycles. The SMILES string of the molecule is O=C(CCNS(=O)(=O)c1ccc(F)cc1)NCCOc1ccc(Cl)cc1. The summed E-state index contributed by atoms with van der Waals surface area (Å²) in [5.41, 5.74) is 0. The Morgan fingerprint density at radius 3 is 2.35 bits per heavy atom. The van der Waals surface area contributed by atoms with Crippen LogP contribution in [-0.4, -0.2) is 34.0 Å². The zero-order chi connectivity index (χ0) is 19.0. The number of rotatable bonds is 9. The average molecular weight is 401 g/mol. The number of halogens is 2. The van der Waals surface area contributed by atoms with Gasteiger partial charge in [-0.05, 0) is 48.5 Å². The summed E-state index contributed by atoms with van der Waals surface area (Å²) in [4.78, 5) is 11.6. The Morgan fingerprint density at radius 2 is 1.69 bits per heavy atom. The Labute approximate surface area is 156 Å². The fraction of sp³-hybridized carbons (Fsp3) is 0.235. The zero-order valence-corrected chi connectivity index (χ0v) is 15.3. The molecule has 0 unspecified atom stereocenters. The molecule has 6 nitrogen and oxygen atoms in total. The lowest BCUT2D eigenvalue weighted by Gasteiger charge is -2.09. The summed E-state index contributed by atoms with van der Waals surface area (Å²) in [5.74, 6) is -0.202. The molecule has 0 aliphatic carbocycles. The van der Waals surface area contributed by atoms with Gasteiger partial charge in [0.15, 0.2) is 0 Å². The van der Waals surface area contributed by atoms with Crippen LogP contribution in [0.4, 0.5) is 4.39 Å². The third-order valence-electron chi connectivity index (χ3n) is 3.27. The lowest BCUT2D eigenvalue weighted by Crippen LogP contribution is -2.32. The minimum absolute atomic E-state index is 0.0264. The number of ether oxygens (including phenoxy) is 1. The van der Waals surface area contributed by atoms with Crippen molar-refractivity contribution in [3.05, 3.63) is 59.4 Å². The molecule has 2 rings (SSSR count). The van der Waals surface area contributed by atoms with Crippen LogP contribution in [-0.2, 0) is 14.8 Å². The van der Waals surface area contributed by atoms with Crippen LogP contribution in [0.2, 0.25) is 5.02 Å². The van der Waals surface area contributed by atoms with Crippen LogP contribution in [0, 0.1) is 5.82 Å². The van der Waals surface area contributed by atoms with E-state index in [1.54, 1.807) is 24.3 Å². The third kappa shape index (κ3) is 6.62. The molecule has 0 heterocycles. The second kappa shape index (κ2) is 9.51. The van der Waals surface area contributed by atoms with Crippen LogP contribution in [0.1, 0.15) is 6.42 Å². The predicted molar refractivity (Wildman–Crippen MR) is 96.2 cm³/mol. The number of carbonyl (C=O) groups excluding carboxylic acids is 1. The van der Waals surface area contributed by atoms with Gasteiger partial charge in [-0.25, -0.2) is 17.5 Å². The topological polar surface area (TPSA) is 84.5 Å². The zero-order valence-electron chi connectivity index (χ0n) is 13.7. The second-order valence-electron chi connectivity index (χ2n) is 5.25. The molecule has 0 atom stereocenters. The molecule has 1 amide bonds. The molecule has 0 saturated carbocycles. The number of sulfonamides is 1. The summed E-state index contributed by atoms with van der Waals surface area (Å²) in [6.45, 7) is 0.491. The van der Waals surface area contributed by atoms with Gasteiger partial charge in [0.25, 0.3) is 0 Å². The summed E-state index contributed by atoms with van der Waals surface area (Å²) in [5, 5.41) is 3.23. The van der Waals surface area contributed by atoms with Gasteiger partial charge < -0.3 is 10.1 Å². The standard InChI is InChI=1S/C17H18ClFN2O4S/c18-13-1-5-15(6-2-13)25-12-11-20-17(22)9-10-21-26(23,24)16-7-3-14(19)4-8-16/h1-8,21H,9-12H2,(H,20,22). The van der Waals surface area contributed by atoms with Crippen LogP contribution < -0.4 is 14.8 Å². The molecule has 0 aliphatic heterocycles. The van der Waals surface area contributed by atoms with Gasteiger partial charge in [-0.1, -0.05) is 11.6 Å². The van der Waals surface area contributed by atoms with E-state index in [0.29, 0.717) is 10.8 Å². The lowest BCUT2D eigenvalue weighted by atomic mass is 10.3. The lowest BCUT2D eigenvalue weighted by molar-refractivity contribution is -0.121. The van der Waals surface area contributed by atoms with Gasteiger partial charge in [0.1, 0.15) is 18.2 Å². The number of benzene rings is 2. The number of nitrogens with one attached hydrogen (secondary N) is 2. The van der Waals surface area contributed by atoms with Crippen molar-refractivity contribution in [1.82, 2.24) is 10.0 Å². The van der Waals surface area contributed by atoms with E-state index >= 15 is 0 Å². The van der Waals surface area contributed by atoms with Gasteiger partial charge in [0, 0.05) is 18.0 Å². The van der Waals surface area contributed by atoms with Crippen molar-refractivity contribution in [2.45, 2.75) is 11.3 Å². The van der Waals surface area contributed by atoms with Gasteiger partial charge >= 0.3 is 0 Å². The predicted octanol–water partition coefficient (Wildman–Crippen LogP) is 2.34. The summed E-state index contributed by atoms with van der Waals surface area (Å²) in [7, 11) is -3.77. The Hall–Kier alpha value is -2.16. The van der Waals surface area contributed by atoms with Gasteiger partial charge in [-0.3, -0.25) is 4.79 Å². The Morgan fingerprint density at radius 1 is 1.04 bits per heavy atom. The summed E-state index contributed by atoms with van der Waals surface area (Å²) in [6, 6.07) is 11.3. The molecule has 0 radical (unpaired) electrons. The Bertz CT molecular complexity index is 827. The van der Waals surface area contributed by atoms with Crippen molar-refractivity contribution in [3.63, 3.8) is 0 Å². The fourth-order valence-corrected chi connectivity index (χ4v) is 3.13. The fourth-order valence-electron chi connectivity index (χ4n) is 1.97. The molecule has 2 aromatic carbocycles. The van der Waals surface area contributed by atoms with Crippen molar-refractivity contribution in [2.24, 2.45) is 0 Å². The van der Waals surface area contributed by atoms with E-state index in [4.69, 9.17) is 16.3 Å². The van der Waals surface area contributed by atoms with Crippen LogP contribution >= 0.6 is 11.6 Å². The molecule has 0 bridgehead atoms. The first-order chi connectivity index (χ1) is 12.4. The molecular formula is C17H18ClFN2O4S. The Balaban J connectivity index is 1.65. The third-order valence-corrected chi connectivity index (χ3v) is 5.00. The van der Waals surface area contributed by atoms with Crippen molar-refractivity contribution >= 4 is 27.5 Å². The van der Waals surface area contributed by atoms with E-state index in [9.17, 15) is 17.6 Å². The molecule has 26 heavy (non-hydrogen) atoms. The first-order valence-electron chi connectivity index (χ1n) is 7.77. The summed E-state index contributed by atoms with van der Waals surface area (Å²) < 4.78 is 44.5. The van der Waals surface area contributed by atoms with Crippen molar-refractivity contribution in [3.8, 4) is 5.75 Å². The molecule has 0 aliphatic rings.